The predicted octanol–water partition coefficient (Wildman–Crippen LogP) is 1.23. The number of hydrogen-bond donors (Lipinski definition) is 5. The van der Waals surface area contributed by atoms with Crippen molar-refractivity contribution in [1.82, 2.24) is 9.97 Å². The van der Waals surface area contributed by atoms with Crippen molar-refractivity contribution < 1.29 is 43.3 Å². The molecule has 5 N–H and O–H groups in total. The molecule has 2 aliphatic rings. The molecule has 0 amide bonds. The van der Waals surface area contributed by atoms with E-state index in [-0.39, 0.29) is 17.5 Å². The minimum atomic E-state index is -4.80. The maximum absolute atomic E-state index is 11.9. The van der Waals surface area contributed by atoms with Crippen LogP contribution >= 0.6 is 38.1 Å². The fourth-order valence-electron chi connectivity index (χ4n) is 3.89. The summed E-state index contributed by atoms with van der Waals surface area (Å²) in [7, 11) is -9.43. The molecule has 4 rings (SSSR count). The van der Waals surface area contributed by atoms with Gasteiger partial charge >= 0.3 is 15.2 Å². The second-order valence-electron chi connectivity index (χ2n) is 7.80. The summed E-state index contributed by atoms with van der Waals surface area (Å²) < 4.78 is 33.7. The molecule has 0 aromatic carbocycles. The van der Waals surface area contributed by atoms with Crippen LogP contribution in [0.4, 0.5) is 5.82 Å². The SMILES string of the molecule is O=P(O)(O)CP(=O)(O)OC[C@H]1OC[C@@](O)(c2csc3c(N4CCCC4)nc(Cl)nc23)[C@@H]1O. The molecule has 2 aromatic rings. The van der Waals surface area contributed by atoms with Gasteiger partial charge in [-0.25, -0.2) is 4.98 Å². The van der Waals surface area contributed by atoms with E-state index in [4.69, 9.17) is 30.6 Å². The summed E-state index contributed by atoms with van der Waals surface area (Å²) in [6.45, 7) is 0.624. The van der Waals surface area contributed by atoms with Crippen molar-refractivity contribution in [1.29, 1.82) is 0 Å². The van der Waals surface area contributed by atoms with Crippen molar-refractivity contribution in [2.24, 2.45) is 0 Å². The van der Waals surface area contributed by atoms with Crippen LogP contribution in [0, 0.1) is 0 Å². The van der Waals surface area contributed by atoms with Gasteiger partial charge in [-0.3, -0.25) is 9.13 Å². The van der Waals surface area contributed by atoms with Crippen molar-refractivity contribution in [3.63, 3.8) is 0 Å². The molecule has 2 fully saturated rings. The normalized spacial score (nSPS) is 28.5. The lowest BCUT2D eigenvalue weighted by molar-refractivity contribution is -0.0576. The summed E-state index contributed by atoms with van der Waals surface area (Å²) in [6, 6.07) is 0. The van der Waals surface area contributed by atoms with Gasteiger partial charge in [0.25, 0.3) is 0 Å². The number of anilines is 1. The fraction of sp³-hybridized carbons (Fsp3) is 0.625. The van der Waals surface area contributed by atoms with Crippen molar-refractivity contribution in [3.05, 3.63) is 16.2 Å². The van der Waals surface area contributed by atoms with Crippen LogP contribution in [-0.2, 0) is 24.0 Å². The van der Waals surface area contributed by atoms with E-state index in [1.54, 1.807) is 5.38 Å². The first-order valence-electron chi connectivity index (χ1n) is 9.63. The van der Waals surface area contributed by atoms with Crippen LogP contribution in [0.2, 0.25) is 5.28 Å². The molecule has 1 unspecified atom stereocenters. The molecule has 16 heteroatoms. The van der Waals surface area contributed by atoms with Crippen molar-refractivity contribution in [3.8, 4) is 0 Å². The van der Waals surface area contributed by atoms with Gasteiger partial charge in [-0.15, -0.1) is 11.3 Å². The van der Waals surface area contributed by atoms with Gasteiger partial charge < -0.3 is 39.1 Å². The van der Waals surface area contributed by atoms with E-state index in [2.05, 4.69) is 14.9 Å². The van der Waals surface area contributed by atoms with Crippen LogP contribution in [0.15, 0.2) is 5.38 Å². The Morgan fingerprint density at radius 3 is 2.62 bits per heavy atom. The molecule has 2 aromatic heterocycles. The van der Waals surface area contributed by atoms with Crippen LogP contribution in [0.1, 0.15) is 18.4 Å². The van der Waals surface area contributed by atoms with Crippen LogP contribution in [0.5, 0.6) is 0 Å². The molecule has 4 atom stereocenters. The van der Waals surface area contributed by atoms with E-state index in [9.17, 15) is 24.2 Å². The Kier molecular flexibility index (Phi) is 6.74. The molecule has 2 aliphatic heterocycles. The summed E-state index contributed by atoms with van der Waals surface area (Å²) in [6.07, 6.45) is -0.742. The summed E-state index contributed by atoms with van der Waals surface area (Å²) in [4.78, 5) is 38.1. The molecular weight excluding hydrogens is 508 g/mol. The van der Waals surface area contributed by atoms with Gasteiger partial charge in [0.05, 0.1) is 23.4 Å². The van der Waals surface area contributed by atoms with Gasteiger partial charge in [0, 0.05) is 24.0 Å². The number of aromatic nitrogens is 2. The Hall–Kier alpha value is -0.690. The molecule has 32 heavy (non-hydrogen) atoms. The predicted molar refractivity (Wildman–Crippen MR) is 116 cm³/mol. The van der Waals surface area contributed by atoms with Crippen LogP contribution in [0.3, 0.4) is 0 Å². The zero-order valence-corrected chi connectivity index (χ0v) is 19.9. The molecule has 0 radical (unpaired) electrons. The van der Waals surface area contributed by atoms with Crippen LogP contribution < -0.4 is 4.90 Å². The molecule has 4 heterocycles. The van der Waals surface area contributed by atoms with E-state index in [0.29, 0.717) is 16.0 Å². The number of halogens is 1. The number of ether oxygens (including phenoxy) is 1. The highest BCUT2D eigenvalue weighted by atomic mass is 35.5. The lowest BCUT2D eigenvalue weighted by Crippen LogP contribution is -2.42. The molecular formula is C16H22ClN3O9P2S. The third-order valence-corrected chi connectivity index (χ3v) is 9.99. The van der Waals surface area contributed by atoms with Crippen LogP contribution in [0.25, 0.3) is 10.2 Å². The molecule has 178 valence electrons. The number of fused-ring (bicyclic) bond motifs is 1. The monoisotopic (exact) mass is 529 g/mol. The van der Waals surface area contributed by atoms with E-state index in [0.717, 1.165) is 25.9 Å². The summed E-state index contributed by atoms with van der Waals surface area (Å²) in [5.74, 6) is -0.707. The molecule has 12 nitrogen and oxygen atoms in total. The van der Waals surface area contributed by atoms with E-state index in [1.165, 1.54) is 11.3 Å². The largest absolute Gasteiger partial charge is 0.387 e. The van der Waals surface area contributed by atoms with Gasteiger partial charge in [-0.2, -0.15) is 4.98 Å². The topological polar surface area (TPSA) is 183 Å². The minimum Gasteiger partial charge on any atom is -0.387 e. The molecule has 0 bridgehead atoms. The average molecular weight is 530 g/mol. The minimum absolute atomic E-state index is 0.00501. The molecule has 0 spiro atoms. The van der Waals surface area contributed by atoms with Gasteiger partial charge in [0.1, 0.15) is 17.8 Å². The quantitative estimate of drug-likeness (QED) is 0.256. The van der Waals surface area contributed by atoms with E-state index >= 15 is 0 Å². The maximum Gasteiger partial charge on any atom is 0.340 e. The van der Waals surface area contributed by atoms with E-state index in [1.807, 2.05) is 0 Å². The lowest BCUT2D eigenvalue weighted by Gasteiger charge is -2.26. The third kappa shape index (κ3) is 4.89. The van der Waals surface area contributed by atoms with Crippen molar-refractivity contribution >= 4 is 54.2 Å². The smallest absolute Gasteiger partial charge is 0.340 e. The van der Waals surface area contributed by atoms with Crippen molar-refractivity contribution in [2.45, 2.75) is 30.7 Å². The fourth-order valence-corrected chi connectivity index (χ4v) is 7.72. The average Bonchev–Trinajstić information content (AvgIpc) is 3.39. The highest BCUT2D eigenvalue weighted by Gasteiger charge is 2.51. The number of rotatable bonds is 7. The first kappa shape index (κ1) is 24.4. The standard InChI is InChI=1S/C16H22ClN3O9P2S/c17-15-18-11-9(6-32-12(11)14(19-15)20-3-1-2-4-20)16(22)7-28-10(13(16)21)5-29-31(26,27)8-30(23,24)25/h6,10,13,21-22H,1-5,7-8H2,(H,26,27)(H2,23,24,25)/t10-,13-,16-/m1/s1. The first-order chi connectivity index (χ1) is 14.9. The Bertz CT molecular complexity index is 1110. The highest BCUT2D eigenvalue weighted by molar-refractivity contribution is 7.70. The number of hydrogen-bond acceptors (Lipinski definition) is 10. The Morgan fingerprint density at radius 2 is 1.97 bits per heavy atom. The van der Waals surface area contributed by atoms with Gasteiger partial charge in [0.15, 0.2) is 11.7 Å². The van der Waals surface area contributed by atoms with Gasteiger partial charge in [-0.05, 0) is 24.4 Å². The number of nitrogens with zero attached hydrogens (tertiary/aromatic N) is 3. The van der Waals surface area contributed by atoms with Gasteiger partial charge in [0.2, 0.25) is 5.28 Å². The Labute approximate surface area is 191 Å². The van der Waals surface area contributed by atoms with E-state index < -0.39 is 45.5 Å². The van der Waals surface area contributed by atoms with Gasteiger partial charge in [-0.1, -0.05) is 0 Å². The zero-order chi connectivity index (χ0) is 23.3. The lowest BCUT2D eigenvalue weighted by atomic mass is 9.89. The van der Waals surface area contributed by atoms with Crippen molar-refractivity contribution in [2.75, 3.05) is 37.1 Å². The Morgan fingerprint density at radius 1 is 1.28 bits per heavy atom. The highest BCUT2D eigenvalue weighted by Crippen LogP contribution is 2.55. The maximum atomic E-state index is 11.9. The molecule has 2 saturated heterocycles. The summed E-state index contributed by atoms with van der Waals surface area (Å²) in [5, 5.41) is 23.6. The first-order valence-corrected chi connectivity index (χ1v) is 14.4. The number of aliphatic hydroxyl groups excluding tert-OH is 1. The second-order valence-corrected chi connectivity index (χ2v) is 13.0. The number of thiophene rings is 1. The molecule has 0 saturated carbocycles. The zero-order valence-electron chi connectivity index (χ0n) is 16.6. The second kappa shape index (κ2) is 8.83. The summed E-state index contributed by atoms with van der Waals surface area (Å²) >= 11 is 7.43. The molecule has 0 aliphatic carbocycles. The summed E-state index contributed by atoms with van der Waals surface area (Å²) in [5.41, 5.74) is -1.26. The number of aliphatic hydroxyl groups is 2. The van der Waals surface area contributed by atoms with Crippen LogP contribution in [-0.4, -0.2) is 79.3 Å². The third-order valence-electron chi connectivity index (χ3n) is 5.40. The Balaban J connectivity index is 1.57.